The zero-order valence-electron chi connectivity index (χ0n) is 28.0. The first-order chi connectivity index (χ1) is 25.3. The van der Waals surface area contributed by atoms with Crippen LogP contribution in [0, 0.1) is 0 Å². The minimum Gasteiger partial charge on any atom is -0.310 e. The maximum atomic E-state index is 2.41. The predicted molar refractivity (Wildman–Crippen MR) is 220 cm³/mol. The van der Waals surface area contributed by atoms with Crippen molar-refractivity contribution in [1.29, 1.82) is 0 Å². The van der Waals surface area contributed by atoms with Crippen molar-refractivity contribution in [2.45, 2.75) is 0 Å². The summed E-state index contributed by atoms with van der Waals surface area (Å²) in [6.45, 7) is 0. The monoisotopic (exact) mass is 647 g/mol. The highest BCUT2D eigenvalue weighted by atomic mass is 15.1. The van der Waals surface area contributed by atoms with Crippen LogP contribution >= 0.6 is 0 Å². The van der Waals surface area contributed by atoms with Crippen LogP contribution in [0.1, 0.15) is 0 Å². The van der Waals surface area contributed by atoms with Crippen LogP contribution in [0.4, 0.5) is 17.1 Å². The van der Waals surface area contributed by atoms with Gasteiger partial charge in [-0.15, -0.1) is 0 Å². The lowest BCUT2D eigenvalue weighted by Crippen LogP contribution is -2.10. The van der Waals surface area contributed by atoms with Crippen molar-refractivity contribution in [2.24, 2.45) is 0 Å². The van der Waals surface area contributed by atoms with Crippen LogP contribution in [0.25, 0.3) is 76.1 Å². The van der Waals surface area contributed by atoms with E-state index in [2.05, 4.69) is 205 Å². The van der Waals surface area contributed by atoms with E-state index in [1.807, 2.05) is 0 Å². The number of rotatable bonds is 5. The summed E-state index contributed by atoms with van der Waals surface area (Å²) in [6.07, 6.45) is 0. The second-order valence-electron chi connectivity index (χ2n) is 13.3. The second kappa shape index (κ2) is 12.0. The van der Waals surface area contributed by atoms with Gasteiger partial charge in [-0.05, 0) is 107 Å². The highest BCUT2D eigenvalue weighted by Crippen LogP contribution is 2.43. The number of anilines is 3. The Bertz CT molecular complexity index is 2900. The highest BCUT2D eigenvalue weighted by Gasteiger charge is 2.18. The summed E-state index contributed by atoms with van der Waals surface area (Å²) >= 11 is 0. The predicted octanol–water partition coefficient (Wildman–Crippen LogP) is 14.3. The summed E-state index contributed by atoms with van der Waals surface area (Å²) < 4.78 is 0. The standard InChI is InChI=1S/C50H33N/c1-4-14-43-35(10-1)13-9-19-45(43)37-24-29-42(30-25-37)51(50-33-39-12-3-6-16-46(39)48-17-7-8-18-49(48)50)41-27-22-34(23-28-41)38-26-31-47-40(32-38)21-20-36-11-2-5-15-44(36)47/h1-33H. The molecule has 0 amide bonds. The summed E-state index contributed by atoms with van der Waals surface area (Å²) in [5.74, 6) is 0. The Morgan fingerprint density at radius 2 is 0.725 bits per heavy atom. The van der Waals surface area contributed by atoms with Gasteiger partial charge in [0.05, 0.1) is 5.69 Å². The lowest BCUT2D eigenvalue weighted by atomic mass is 9.96. The molecule has 0 atom stereocenters. The molecule has 10 aromatic rings. The first kappa shape index (κ1) is 29.2. The normalized spacial score (nSPS) is 11.5. The molecule has 0 spiro atoms. The molecule has 1 heteroatoms. The third-order valence-electron chi connectivity index (χ3n) is 10.4. The summed E-state index contributed by atoms with van der Waals surface area (Å²) in [5, 5.41) is 12.6. The van der Waals surface area contributed by atoms with E-state index in [1.165, 1.54) is 76.1 Å². The van der Waals surface area contributed by atoms with Crippen LogP contribution < -0.4 is 4.90 Å². The van der Waals surface area contributed by atoms with Gasteiger partial charge >= 0.3 is 0 Å². The zero-order chi connectivity index (χ0) is 33.7. The van der Waals surface area contributed by atoms with Crippen molar-refractivity contribution in [1.82, 2.24) is 0 Å². The molecule has 10 rings (SSSR count). The molecule has 0 fully saturated rings. The lowest BCUT2D eigenvalue weighted by Gasteiger charge is -2.28. The molecule has 0 aliphatic heterocycles. The van der Waals surface area contributed by atoms with Crippen LogP contribution in [-0.4, -0.2) is 0 Å². The Kier molecular flexibility index (Phi) is 6.89. The fourth-order valence-electron chi connectivity index (χ4n) is 7.91. The van der Waals surface area contributed by atoms with Crippen molar-refractivity contribution >= 4 is 70.9 Å². The van der Waals surface area contributed by atoms with Crippen LogP contribution in [0.15, 0.2) is 200 Å². The maximum Gasteiger partial charge on any atom is 0.0546 e. The first-order valence-electron chi connectivity index (χ1n) is 17.6. The molecule has 0 aromatic heterocycles. The minimum absolute atomic E-state index is 1.11. The molecule has 1 nitrogen and oxygen atoms in total. The van der Waals surface area contributed by atoms with Gasteiger partial charge in [0, 0.05) is 16.8 Å². The molecule has 0 N–H and O–H groups in total. The number of benzene rings is 10. The van der Waals surface area contributed by atoms with E-state index >= 15 is 0 Å². The molecule has 0 bridgehead atoms. The van der Waals surface area contributed by atoms with Gasteiger partial charge in [0.25, 0.3) is 0 Å². The lowest BCUT2D eigenvalue weighted by molar-refractivity contribution is 1.30. The van der Waals surface area contributed by atoms with Crippen LogP contribution in [0.5, 0.6) is 0 Å². The highest BCUT2D eigenvalue weighted by molar-refractivity contribution is 6.15. The Hall–Kier alpha value is -6.70. The van der Waals surface area contributed by atoms with Gasteiger partial charge in [-0.25, -0.2) is 0 Å². The van der Waals surface area contributed by atoms with Crippen molar-refractivity contribution in [2.75, 3.05) is 4.90 Å². The van der Waals surface area contributed by atoms with E-state index in [0.717, 1.165) is 17.1 Å². The summed E-state index contributed by atoms with van der Waals surface area (Å²) in [7, 11) is 0. The van der Waals surface area contributed by atoms with E-state index < -0.39 is 0 Å². The van der Waals surface area contributed by atoms with Gasteiger partial charge in [-0.3, -0.25) is 0 Å². The minimum atomic E-state index is 1.11. The van der Waals surface area contributed by atoms with E-state index in [9.17, 15) is 0 Å². The molecule has 238 valence electrons. The van der Waals surface area contributed by atoms with Crippen LogP contribution in [0.3, 0.4) is 0 Å². The van der Waals surface area contributed by atoms with Gasteiger partial charge in [0.15, 0.2) is 0 Å². The van der Waals surface area contributed by atoms with Crippen molar-refractivity contribution in [3.63, 3.8) is 0 Å². The van der Waals surface area contributed by atoms with Crippen molar-refractivity contribution in [3.05, 3.63) is 200 Å². The van der Waals surface area contributed by atoms with Gasteiger partial charge in [0.2, 0.25) is 0 Å². The molecular weight excluding hydrogens is 615 g/mol. The van der Waals surface area contributed by atoms with Crippen LogP contribution in [0.2, 0.25) is 0 Å². The van der Waals surface area contributed by atoms with E-state index in [-0.39, 0.29) is 0 Å². The van der Waals surface area contributed by atoms with E-state index in [1.54, 1.807) is 0 Å². The molecule has 10 aromatic carbocycles. The average molecular weight is 648 g/mol. The number of hydrogen-bond acceptors (Lipinski definition) is 1. The molecule has 0 radical (unpaired) electrons. The summed E-state index contributed by atoms with van der Waals surface area (Å²) in [6, 6.07) is 73.1. The largest absolute Gasteiger partial charge is 0.310 e. The van der Waals surface area contributed by atoms with Gasteiger partial charge < -0.3 is 4.90 Å². The van der Waals surface area contributed by atoms with Crippen LogP contribution in [-0.2, 0) is 0 Å². The maximum absolute atomic E-state index is 2.41. The number of hydrogen-bond donors (Lipinski definition) is 0. The number of fused-ring (bicyclic) bond motifs is 7. The Balaban J connectivity index is 1.11. The summed E-state index contributed by atoms with van der Waals surface area (Å²) in [4.78, 5) is 2.41. The van der Waals surface area contributed by atoms with Gasteiger partial charge in [-0.1, -0.05) is 164 Å². The topological polar surface area (TPSA) is 3.24 Å². The molecular formula is C50H33N. The summed E-state index contributed by atoms with van der Waals surface area (Å²) in [5.41, 5.74) is 8.25. The third-order valence-corrected chi connectivity index (χ3v) is 10.4. The molecule has 0 saturated heterocycles. The Morgan fingerprint density at radius 3 is 1.45 bits per heavy atom. The van der Waals surface area contributed by atoms with Crippen molar-refractivity contribution in [3.8, 4) is 22.3 Å². The fraction of sp³-hybridized carbons (Fsp3) is 0. The van der Waals surface area contributed by atoms with E-state index in [0.29, 0.717) is 0 Å². The van der Waals surface area contributed by atoms with E-state index in [4.69, 9.17) is 0 Å². The van der Waals surface area contributed by atoms with Gasteiger partial charge in [-0.2, -0.15) is 0 Å². The average Bonchev–Trinajstić information content (AvgIpc) is 3.21. The Labute approximate surface area is 297 Å². The molecule has 51 heavy (non-hydrogen) atoms. The zero-order valence-corrected chi connectivity index (χ0v) is 28.0. The molecule has 0 aliphatic carbocycles. The molecule has 0 unspecified atom stereocenters. The number of nitrogens with zero attached hydrogens (tertiary/aromatic N) is 1. The quantitative estimate of drug-likeness (QED) is 0.168. The van der Waals surface area contributed by atoms with Crippen molar-refractivity contribution < 1.29 is 0 Å². The molecule has 0 saturated carbocycles. The van der Waals surface area contributed by atoms with Gasteiger partial charge in [0.1, 0.15) is 0 Å². The smallest absolute Gasteiger partial charge is 0.0546 e. The molecule has 0 heterocycles. The SMILES string of the molecule is c1ccc2c(-c3ccc(N(c4ccc(-c5ccc6c(ccc7ccccc76)c5)cc4)c4cc5ccccc5c5ccccc45)cc3)cccc2c1. The molecule has 0 aliphatic rings. The first-order valence-corrected chi connectivity index (χ1v) is 17.6. The fourth-order valence-corrected chi connectivity index (χ4v) is 7.91. The third kappa shape index (κ3) is 5.02. The second-order valence-corrected chi connectivity index (χ2v) is 13.3. The Morgan fingerprint density at radius 1 is 0.255 bits per heavy atom.